The number of piperidine rings is 1. The van der Waals surface area contributed by atoms with E-state index in [0.717, 1.165) is 39.1 Å². The molecule has 0 bridgehead atoms. The Hall–Kier alpha value is -0.120. The lowest BCUT2D eigenvalue weighted by Gasteiger charge is -2.44. The van der Waals surface area contributed by atoms with Crippen LogP contribution in [0.1, 0.15) is 39.0 Å². The van der Waals surface area contributed by atoms with Gasteiger partial charge in [-0.3, -0.25) is 0 Å². The van der Waals surface area contributed by atoms with Crippen molar-refractivity contribution in [2.75, 3.05) is 33.4 Å². The normalized spacial score (nSPS) is 28.9. The van der Waals surface area contributed by atoms with Crippen LogP contribution in [-0.2, 0) is 9.47 Å². The highest BCUT2D eigenvalue weighted by molar-refractivity contribution is 4.93. The summed E-state index contributed by atoms with van der Waals surface area (Å²) < 4.78 is 11.3. The van der Waals surface area contributed by atoms with Gasteiger partial charge in [0.05, 0.1) is 5.60 Å². The molecule has 0 aliphatic carbocycles. The number of ether oxygens (including phenoxy) is 2. The zero-order valence-electron chi connectivity index (χ0n) is 10.7. The van der Waals surface area contributed by atoms with Crippen molar-refractivity contribution < 1.29 is 9.47 Å². The van der Waals surface area contributed by atoms with Gasteiger partial charge in [-0.25, -0.2) is 0 Å². The van der Waals surface area contributed by atoms with E-state index in [9.17, 15) is 0 Å². The zero-order valence-corrected chi connectivity index (χ0v) is 10.7. The molecule has 2 aliphatic rings. The highest BCUT2D eigenvalue weighted by Crippen LogP contribution is 2.42. The molecule has 16 heavy (non-hydrogen) atoms. The Morgan fingerprint density at radius 1 is 1.12 bits per heavy atom. The summed E-state index contributed by atoms with van der Waals surface area (Å²) in [5.74, 6) is 0. The van der Waals surface area contributed by atoms with Gasteiger partial charge in [0.1, 0.15) is 0 Å². The topological polar surface area (TPSA) is 30.5 Å². The second-order valence-corrected chi connectivity index (χ2v) is 5.74. The summed E-state index contributed by atoms with van der Waals surface area (Å²) in [6.07, 6.45) is 5.87. The summed E-state index contributed by atoms with van der Waals surface area (Å²) in [6.45, 7) is 6.45. The molecule has 0 aromatic carbocycles. The van der Waals surface area contributed by atoms with E-state index in [-0.39, 0.29) is 5.60 Å². The Kier molecular flexibility index (Phi) is 3.88. The molecular weight excluding hydrogens is 202 g/mol. The highest BCUT2D eigenvalue weighted by Gasteiger charge is 2.40. The van der Waals surface area contributed by atoms with Crippen LogP contribution >= 0.6 is 0 Å². The van der Waals surface area contributed by atoms with Crippen molar-refractivity contribution in [3.8, 4) is 0 Å². The van der Waals surface area contributed by atoms with Gasteiger partial charge in [-0.2, -0.15) is 0 Å². The third-order valence-corrected chi connectivity index (χ3v) is 4.40. The number of nitrogens with one attached hydrogen (secondary N) is 1. The molecule has 0 unspecified atom stereocenters. The van der Waals surface area contributed by atoms with E-state index in [4.69, 9.17) is 9.47 Å². The Morgan fingerprint density at radius 3 is 2.31 bits per heavy atom. The summed E-state index contributed by atoms with van der Waals surface area (Å²) in [6, 6.07) is 0. The molecule has 2 rings (SSSR count). The maximum absolute atomic E-state index is 5.87. The summed E-state index contributed by atoms with van der Waals surface area (Å²) >= 11 is 0. The van der Waals surface area contributed by atoms with Gasteiger partial charge in [0, 0.05) is 20.3 Å². The molecular formula is C13H25NO2. The molecule has 1 N–H and O–H groups in total. The van der Waals surface area contributed by atoms with Crippen LogP contribution in [0.2, 0.25) is 0 Å². The van der Waals surface area contributed by atoms with Gasteiger partial charge in [0.2, 0.25) is 0 Å². The summed E-state index contributed by atoms with van der Waals surface area (Å²) in [5, 5.41) is 3.42. The summed E-state index contributed by atoms with van der Waals surface area (Å²) in [7, 11) is 1.88. The van der Waals surface area contributed by atoms with Crippen LogP contribution in [0.3, 0.4) is 0 Å². The van der Waals surface area contributed by atoms with E-state index >= 15 is 0 Å². The van der Waals surface area contributed by atoms with Gasteiger partial charge in [0.15, 0.2) is 0 Å². The van der Waals surface area contributed by atoms with Gasteiger partial charge >= 0.3 is 0 Å². The molecule has 0 aromatic heterocycles. The Balaban J connectivity index is 1.98. The van der Waals surface area contributed by atoms with Gasteiger partial charge < -0.3 is 14.8 Å². The van der Waals surface area contributed by atoms with Crippen molar-refractivity contribution in [1.29, 1.82) is 0 Å². The van der Waals surface area contributed by atoms with Crippen LogP contribution in [0.25, 0.3) is 0 Å². The van der Waals surface area contributed by atoms with Crippen molar-refractivity contribution >= 4 is 0 Å². The maximum atomic E-state index is 5.87. The zero-order chi connectivity index (χ0) is 11.5. The van der Waals surface area contributed by atoms with Crippen LogP contribution in [-0.4, -0.2) is 39.0 Å². The molecule has 2 fully saturated rings. The monoisotopic (exact) mass is 227 g/mol. The number of rotatable bonds is 3. The first-order valence-corrected chi connectivity index (χ1v) is 6.52. The Morgan fingerprint density at radius 2 is 1.75 bits per heavy atom. The molecule has 94 valence electrons. The molecule has 3 heteroatoms. The molecule has 3 nitrogen and oxygen atoms in total. The summed E-state index contributed by atoms with van der Waals surface area (Å²) in [4.78, 5) is 0. The minimum atomic E-state index is 0.122. The molecule has 0 amide bonds. The van der Waals surface area contributed by atoms with E-state index in [2.05, 4.69) is 12.2 Å². The van der Waals surface area contributed by atoms with Gasteiger partial charge in [-0.15, -0.1) is 0 Å². The van der Waals surface area contributed by atoms with Crippen LogP contribution < -0.4 is 5.32 Å². The third kappa shape index (κ3) is 2.76. The maximum Gasteiger partial charge on any atom is 0.0708 e. The largest absolute Gasteiger partial charge is 0.381 e. The molecule has 0 atom stereocenters. The second kappa shape index (κ2) is 5.03. The average Bonchev–Trinajstić information content (AvgIpc) is 2.30. The highest BCUT2D eigenvalue weighted by atomic mass is 16.5. The minimum absolute atomic E-state index is 0.122. The molecule has 0 saturated carbocycles. The van der Waals surface area contributed by atoms with Crippen molar-refractivity contribution in [2.24, 2.45) is 5.41 Å². The number of methoxy groups -OCH3 is 1. The fourth-order valence-electron chi connectivity index (χ4n) is 3.15. The van der Waals surface area contributed by atoms with E-state index in [0.29, 0.717) is 5.41 Å². The predicted octanol–water partition coefficient (Wildman–Crippen LogP) is 1.96. The first kappa shape index (κ1) is 12.3. The van der Waals surface area contributed by atoms with Crippen molar-refractivity contribution in [2.45, 2.75) is 44.6 Å². The Labute approximate surface area is 98.9 Å². The smallest absolute Gasteiger partial charge is 0.0708 e. The molecule has 0 radical (unpaired) electrons. The predicted molar refractivity (Wildman–Crippen MR) is 64.6 cm³/mol. The van der Waals surface area contributed by atoms with Crippen LogP contribution in [0.4, 0.5) is 0 Å². The van der Waals surface area contributed by atoms with Crippen molar-refractivity contribution in [3.63, 3.8) is 0 Å². The Bertz CT molecular complexity index is 218. The van der Waals surface area contributed by atoms with E-state index in [1.54, 1.807) is 0 Å². The first-order valence-electron chi connectivity index (χ1n) is 6.52. The van der Waals surface area contributed by atoms with Gasteiger partial charge in [-0.1, -0.05) is 6.92 Å². The standard InChI is InChI=1S/C13H25NO2/c1-12(5-9-16-10-6-12)11-13(15-2)3-7-14-8-4-13/h14H,3-11H2,1-2H3. The lowest BCUT2D eigenvalue weighted by molar-refractivity contribution is -0.0871. The second-order valence-electron chi connectivity index (χ2n) is 5.74. The van der Waals surface area contributed by atoms with Crippen LogP contribution in [0, 0.1) is 5.41 Å². The first-order chi connectivity index (χ1) is 7.68. The van der Waals surface area contributed by atoms with Crippen LogP contribution in [0.5, 0.6) is 0 Å². The van der Waals surface area contributed by atoms with Gasteiger partial charge in [0.25, 0.3) is 0 Å². The van der Waals surface area contributed by atoms with Crippen molar-refractivity contribution in [1.82, 2.24) is 5.32 Å². The lowest BCUT2D eigenvalue weighted by atomic mass is 9.71. The van der Waals surface area contributed by atoms with E-state index < -0.39 is 0 Å². The van der Waals surface area contributed by atoms with Crippen molar-refractivity contribution in [3.05, 3.63) is 0 Å². The number of hydrogen-bond donors (Lipinski definition) is 1. The van der Waals surface area contributed by atoms with Gasteiger partial charge in [-0.05, 0) is 50.6 Å². The van der Waals surface area contributed by atoms with Crippen LogP contribution in [0.15, 0.2) is 0 Å². The third-order valence-electron chi connectivity index (χ3n) is 4.40. The lowest BCUT2D eigenvalue weighted by Crippen LogP contribution is -2.47. The fourth-order valence-corrected chi connectivity index (χ4v) is 3.15. The molecule has 0 spiro atoms. The fraction of sp³-hybridized carbons (Fsp3) is 1.00. The molecule has 2 saturated heterocycles. The van der Waals surface area contributed by atoms with E-state index in [1.807, 2.05) is 7.11 Å². The quantitative estimate of drug-likeness (QED) is 0.799. The number of hydrogen-bond acceptors (Lipinski definition) is 3. The average molecular weight is 227 g/mol. The minimum Gasteiger partial charge on any atom is -0.381 e. The molecule has 2 heterocycles. The summed E-state index contributed by atoms with van der Waals surface area (Å²) in [5.41, 5.74) is 0.545. The SMILES string of the molecule is COC1(CC2(C)CCOCC2)CCNCC1. The molecule has 2 aliphatic heterocycles. The van der Waals surface area contributed by atoms with E-state index in [1.165, 1.54) is 19.3 Å². The molecule has 0 aromatic rings.